The highest BCUT2D eigenvalue weighted by Gasteiger charge is 2.30. The summed E-state index contributed by atoms with van der Waals surface area (Å²) in [5, 5.41) is 8.80. The lowest BCUT2D eigenvalue weighted by atomic mass is 9.96. The van der Waals surface area contributed by atoms with Gasteiger partial charge in [-0.05, 0) is 35.8 Å². The molecule has 1 N–H and O–H groups in total. The van der Waals surface area contributed by atoms with Crippen molar-refractivity contribution < 1.29 is 27.8 Å². The van der Waals surface area contributed by atoms with Crippen molar-refractivity contribution in [2.45, 2.75) is 25.4 Å². The first-order valence-electron chi connectivity index (χ1n) is 8.96. The lowest BCUT2D eigenvalue weighted by molar-refractivity contribution is -0.137. The number of pyridine rings is 1. The van der Waals surface area contributed by atoms with Gasteiger partial charge in [0.1, 0.15) is 0 Å². The van der Waals surface area contributed by atoms with Crippen LogP contribution in [0.1, 0.15) is 41.6 Å². The van der Waals surface area contributed by atoms with Crippen LogP contribution in [0.25, 0.3) is 5.57 Å². The van der Waals surface area contributed by atoms with E-state index in [0.29, 0.717) is 23.3 Å². The Morgan fingerprint density at radius 2 is 1.83 bits per heavy atom. The number of carbonyl (C=O) groups is 1. The maximum Gasteiger partial charge on any atom is 0.416 e. The van der Waals surface area contributed by atoms with Gasteiger partial charge in [-0.1, -0.05) is 37.3 Å². The zero-order valence-corrected chi connectivity index (χ0v) is 16.1. The molecule has 0 aliphatic rings. The molecule has 7 heteroatoms. The van der Waals surface area contributed by atoms with Crippen LogP contribution in [-0.4, -0.2) is 29.8 Å². The van der Waals surface area contributed by atoms with E-state index in [9.17, 15) is 18.0 Å². The minimum absolute atomic E-state index is 0.189. The molecule has 29 heavy (non-hydrogen) atoms. The molecule has 1 aromatic heterocycles. The van der Waals surface area contributed by atoms with Gasteiger partial charge >= 0.3 is 12.1 Å². The molecule has 1 unspecified atom stereocenters. The van der Waals surface area contributed by atoms with Gasteiger partial charge in [0.05, 0.1) is 5.56 Å². The summed E-state index contributed by atoms with van der Waals surface area (Å²) in [6.45, 7) is 2.64. The molecule has 0 spiro atoms. The number of methoxy groups -OCH3 is 1. The summed E-state index contributed by atoms with van der Waals surface area (Å²) >= 11 is 0. The van der Waals surface area contributed by atoms with Gasteiger partial charge in [-0.3, -0.25) is 4.98 Å². The first-order chi connectivity index (χ1) is 13.7. The first-order valence-corrected chi connectivity index (χ1v) is 8.96. The van der Waals surface area contributed by atoms with Crippen molar-refractivity contribution in [1.29, 1.82) is 0 Å². The third-order valence-electron chi connectivity index (χ3n) is 4.38. The Labute approximate surface area is 167 Å². The summed E-state index contributed by atoms with van der Waals surface area (Å²) < 4.78 is 43.6. The maximum atomic E-state index is 12.8. The van der Waals surface area contributed by atoms with Gasteiger partial charge in [-0.25, -0.2) is 4.79 Å². The largest absolute Gasteiger partial charge is 0.478 e. The summed E-state index contributed by atoms with van der Waals surface area (Å²) in [7, 11) is 1.63. The highest BCUT2D eigenvalue weighted by molar-refractivity contribution is 5.83. The van der Waals surface area contributed by atoms with E-state index in [4.69, 9.17) is 9.84 Å². The molecule has 1 atom stereocenters. The predicted molar refractivity (Wildman–Crippen MR) is 104 cm³/mol. The van der Waals surface area contributed by atoms with E-state index >= 15 is 0 Å². The predicted octanol–water partition coefficient (Wildman–Crippen LogP) is 5.31. The summed E-state index contributed by atoms with van der Waals surface area (Å²) in [4.78, 5) is 15.2. The number of nitrogens with zero attached hydrogens (tertiary/aromatic N) is 1. The second kappa shape index (κ2) is 10.0. The number of benzene rings is 1. The van der Waals surface area contributed by atoms with E-state index in [-0.39, 0.29) is 5.92 Å². The topological polar surface area (TPSA) is 59.4 Å². The van der Waals surface area contributed by atoms with Crippen LogP contribution in [0.3, 0.4) is 0 Å². The van der Waals surface area contributed by atoms with Crippen LogP contribution in [0.4, 0.5) is 13.2 Å². The van der Waals surface area contributed by atoms with Crippen molar-refractivity contribution in [3.8, 4) is 0 Å². The molecule has 154 valence electrons. The monoisotopic (exact) mass is 405 g/mol. The van der Waals surface area contributed by atoms with Gasteiger partial charge in [-0.2, -0.15) is 13.2 Å². The minimum atomic E-state index is -4.42. The Kier molecular flexibility index (Phi) is 7.73. The number of hydrogen-bond acceptors (Lipinski definition) is 3. The Morgan fingerprint density at radius 1 is 1.17 bits per heavy atom. The Morgan fingerprint density at radius 3 is 2.34 bits per heavy atom. The highest BCUT2D eigenvalue weighted by Crippen LogP contribution is 2.31. The van der Waals surface area contributed by atoms with E-state index in [2.05, 4.69) is 4.98 Å². The second-order valence-corrected chi connectivity index (χ2v) is 6.51. The van der Waals surface area contributed by atoms with Gasteiger partial charge in [0.2, 0.25) is 0 Å². The second-order valence-electron chi connectivity index (χ2n) is 6.51. The van der Waals surface area contributed by atoms with Crippen LogP contribution in [0, 0.1) is 0 Å². The van der Waals surface area contributed by atoms with Gasteiger partial charge in [0, 0.05) is 43.2 Å². The fourth-order valence-electron chi connectivity index (χ4n) is 2.72. The highest BCUT2D eigenvalue weighted by atomic mass is 19.4. The number of carboxylic acid groups (broad SMARTS) is 1. The van der Waals surface area contributed by atoms with E-state index in [1.165, 1.54) is 18.2 Å². The van der Waals surface area contributed by atoms with E-state index in [1.54, 1.807) is 19.4 Å². The van der Waals surface area contributed by atoms with Crippen LogP contribution < -0.4 is 0 Å². The number of hydrogen-bond donors (Lipinski definition) is 1. The number of allylic oxidation sites excluding steroid dienone is 2. The molecule has 2 aromatic rings. The molecule has 0 radical (unpaired) electrons. The summed E-state index contributed by atoms with van der Waals surface area (Å²) in [5.74, 6) is -0.928. The number of ether oxygens (including phenoxy) is 1. The Bertz CT molecular complexity index is 870. The molecule has 0 fully saturated rings. The maximum absolute atomic E-state index is 12.8. The molecule has 0 bridgehead atoms. The molecular weight excluding hydrogens is 383 g/mol. The zero-order valence-electron chi connectivity index (χ0n) is 16.1. The third-order valence-corrected chi connectivity index (χ3v) is 4.38. The molecule has 0 aliphatic carbocycles. The van der Waals surface area contributed by atoms with Crippen LogP contribution in [-0.2, 0) is 15.7 Å². The van der Waals surface area contributed by atoms with Crippen molar-refractivity contribution >= 4 is 11.5 Å². The molecule has 0 saturated heterocycles. The number of aliphatic carboxylic acids is 1. The average molecular weight is 405 g/mol. The number of aromatic nitrogens is 1. The van der Waals surface area contributed by atoms with Gasteiger partial charge < -0.3 is 9.84 Å². The summed E-state index contributed by atoms with van der Waals surface area (Å²) in [6.07, 6.45) is 1.86. The molecule has 1 heterocycles. The quantitative estimate of drug-likeness (QED) is 0.477. The standard InChI is InChI=1S/C22H22F3NO3/c1-15(12-13-29-2)20-11-8-17(14-26-20)19(4-3-5-21(27)28)16-6-9-18(10-7-16)22(23,24)25/h3-11,14-15H,12-13H2,1-2H3,(H,27,28)/b5-3+,19-4-. The number of rotatable bonds is 8. The van der Waals surface area contributed by atoms with Gasteiger partial charge in [0.25, 0.3) is 0 Å². The van der Waals surface area contributed by atoms with Gasteiger partial charge in [-0.15, -0.1) is 0 Å². The number of alkyl halides is 3. The van der Waals surface area contributed by atoms with Crippen molar-refractivity contribution in [1.82, 2.24) is 4.98 Å². The van der Waals surface area contributed by atoms with E-state index in [1.807, 2.05) is 19.1 Å². The van der Waals surface area contributed by atoms with Crippen LogP contribution in [0.5, 0.6) is 0 Å². The normalized spacial score (nSPS) is 13.6. The fourth-order valence-corrected chi connectivity index (χ4v) is 2.72. The molecular formula is C22H22F3NO3. The summed E-state index contributed by atoms with van der Waals surface area (Å²) in [5.41, 5.74) is 1.89. The van der Waals surface area contributed by atoms with E-state index in [0.717, 1.165) is 30.3 Å². The van der Waals surface area contributed by atoms with Crippen LogP contribution in [0.15, 0.2) is 60.8 Å². The molecule has 4 nitrogen and oxygen atoms in total. The van der Waals surface area contributed by atoms with Crippen molar-refractivity contribution in [2.75, 3.05) is 13.7 Å². The summed E-state index contributed by atoms with van der Waals surface area (Å²) in [6, 6.07) is 8.40. The molecule has 0 aliphatic heterocycles. The average Bonchev–Trinajstić information content (AvgIpc) is 2.69. The Hall–Kier alpha value is -2.93. The van der Waals surface area contributed by atoms with Crippen molar-refractivity contribution in [3.63, 3.8) is 0 Å². The van der Waals surface area contributed by atoms with Crippen LogP contribution in [0.2, 0.25) is 0 Å². The molecule has 1 aromatic carbocycles. The van der Waals surface area contributed by atoms with Crippen molar-refractivity contribution in [2.24, 2.45) is 0 Å². The number of halogens is 3. The lowest BCUT2D eigenvalue weighted by Crippen LogP contribution is -2.04. The molecule has 2 rings (SSSR count). The lowest BCUT2D eigenvalue weighted by Gasteiger charge is -2.13. The zero-order chi connectivity index (χ0) is 21.4. The van der Waals surface area contributed by atoms with Crippen LogP contribution >= 0.6 is 0 Å². The van der Waals surface area contributed by atoms with E-state index < -0.39 is 17.7 Å². The SMILES string of the molecule is COCCC(C)c1ccc(/C(=C\C=C\C(=O)O)c2ccc(C(F)(F)F)cc2)cn1. The van der Waals surface area contributed by atoms with Crippen molar-refractivity contribution in [3.05, 3.63) is 83.2 Å². The molecule has 0 amide bonds. The minimum Gasteiger partial charge on any atom is -0.478 e. The fraction of sp³-hybridized carbons (Fsp3) is 0.273. The first kappa shape index (κ1) is 22.4. The Balaban J connectivity index is 2.37. The third kappa shape index (κ3) is 6.57. The van der Waals surface area contributed by atoms with Gasteiger partial charge in [0.15, 0.2) is 0 Å². The number of carboxylic acids is 1. The smallest absolute Gasteiger partial charge is 0.416 e. The molecule has 0 saturated carbocycles.